The smallest absolute Gasteiger partial charge is 0.336 e. The van der Waals surface area contributed by atoms with Crippen molar-refractivity contribution in [2.45, 2.75) is 20.3 Å². The molecular formula is C19H15BrO3. The first-order valence-electron chi connectivity index (χ1n) is 7.55. The predicted octanol–water partition coefficient (Wildman–Crippen LogP) is 4.77. The van der Waals surface area contributed by atoms with Crippen LogP contribution in [0.2, 0.25) is 0 Å². The molecule has 0 N–H and O–H groups in total. The molecule has 23 heavy (non-hydrogen) atoms. The van der Waals surface area contributed by atoms with Gasteiger partial charge in [0.15, 0.2) is 0 Å². The molecule has 2 aromatic carbocycles. The van der Waals surface area contributed by atoms with Crippen molar-refractivity contribution in [2.75, 3.05) is 6.61 Å². The summed E-state index contributed by atoms with van der Waals surface area (Å²) in [6, 6.07) is 9.77. The summed E-state index contributed by atoms with van der Waals surface area (Å²) in [5.74, 6) is 0.853. The van der Waals surface area contributed by atoms with E-state index in [0.29, 0.717) is 12.2 Å². The topological polar surface area (TPSA) is 39.4 Å². The summed E-state index contributed by atoms with van der Waals surface area (Å²) < 4.78 is 12.5. The molecule has 0 aliphatic carbocycles. The quantitative estimate of drug-likeness (QED) is 0.579. The fourth-order valence-corrected chi connectivity index (χ4v) is 3.71. The molecule has 0 atom stereocenters. The van der Waals surface area contributed by atoms with Gasteiger partial charge in [-0.3, -0.25) is 0 Å². The molecule has 0 amide bonds. The summed E-state index contributed by atoms with van der Waals surface area (Å²) >= 11 is 3.48. The van der Waals surface area contributed by atoms with E-state index in [1.165, 1.54) is 0 Å². The molecule has 0 saturated carbocycles. The van der Waals surface area contributed by atoms with E-state index in [9.17, 15) is 4.79 Å². The number of rotatable bonds is 1. The summed E-state index contributed by atoms with van der Waals surface area (Å²) in [4.78, 5) is 11.8. The van der Waals surface area contributed by atoms with E-state index in [4.69, 9.17) is 9.15 Å². The van der Waals surface area contributed by atoms with Crippen LogP contribution in [0.4, 0.5) is 0 Å². The summed E-state index contributed by atoms with van der Waals surface area (Å²) in [6.45, 7) is 4.64. The van der Waals surface area contributed by atoms with Crippen molar-refractivity contribution in [2.24, 2.45) is 0 Å². The van der Waals surface area contributed by atoms with E-state index < -0.39 is 0 Å². The van der Waals surface area contributed by atoms with Crippen LogP contribution in [-0.4, -0.2) is 6.61 Å². The Bertz CT molecular complexity index is 984. The van der Waals surface area contributed by atoms with Gasteiger partial charge in [-0.2, -0.15) is 0 Å². The second-order valence-electron chi connectivity index (χ2n) is 5.87. The normalized spacial score (nSPS) is 13.2. The standard InChI is InChI=1S/C19H15BrO3/c1-10-9-15(21)23-19-14-7-8-22-18(14)17(11(2)16(10)19)12-3-5-13(20)6-4-12/h3-6,9H,7-8H2,1-2H3. The van der Waals surface area contributed by atoms with E-state index >= 15 is 0 Å². The Morgan fingerprint density at radius 3 is 2.61 bits per heavy atom. The Hall–Kier alpha value is -2.07. The molecule has 1 aliphatic heterocycles. The third-order valence-electron chi connectivity index (χ3n) is 4.42. The summed E-state index contributed by atoms with van der Waals surface area (Å²) in [7, 11) is 0. The maximum Gasteiger partial charge on any atom is 0.336 e. The van der Waals surface area contributed by atoms with E-state index in [0.717, 1.165) is 49.8 Å². The van der Waals surface area contributed by atoms with E-state index in [1.807, 2.05) is 19.1 Å². The van der Waals surface area contributed by atoms with Crippen LogP contribution in [0.5, 0.6) is 5.75 Å². The van der Waals surface area contributed by atoms with Crippen molar-refractivity contribution in [3.63, 3.8) is 0 Å². The minimum absolute atomic E-state index is 0.306. The van der Waals surface area contributed by atoms with E-state index in [1.54, 1.807) is 6.07 Å². The van der Waals surface area contributed by atoms with E-state index in [-0.39, 0.29) is 5.63 Å². The maximum absolute atomic E-state index is 11.8. The Morgan fingerprint density at radius 2 is 1.87 bits per heavy atom. The van der Waals surface area contributed by atoms with Crippen molar-refractivity contribution in [1.82, 2.24) is 0 Å². The maximum atomic E-state index is 11.8. The average Bonchev–Trinajstić information content (AvgIpc) is 2.98. The zero-order valence-electron chi connectivity index (χ0n) is 12.9. The first-order chi connectivity index (χ1) is 11.1. The molecule has 0 saturated heterocycles. The molecule has 0 spiro atoms. The monoisotopic (exact) mass is 370 g/mol. The number of benzene rings is 2. The van der Waals surface area contributed by atoms with Crippen LogP contribution in [0.15, 0.2) is 44.0 Å². The molecule has 1 aromatic heterocycles. The molecule has 0 bridgehead atoms. The van der Waals surface area contributed by atoms with Crippen molar-refractivity contribution in [1.29, 1.82) is 0 Å². The van der Waals surface area contributed by atoms with Gasteiger partial charge in [0.05, 0.1) is 6.61 Å². The number of hydrogen-bond acceptors (Lipinski definition) is 3. The number of fused-ring (bicyclic) bond motifs is 3. The first kappa shape index (κ1) is 14.5. The molecule has 116 valence electrons. The van der Waals surface area contributed by atoms with Crippen LogP contribution in [0, 0.1) is 13.8 Å². The van der Waals surface area contributed by atoms with Crippen LogP contribution in [0.25, 0.3) is 22.1 Å². The summed E-state index contributed by atoms with van der Waals surface area (Å²) in [6.07, 6.45) is 0.766. The number of hydrogen-bond donors (Lipinski definition) is 0. The van der Waals surface area contributed by atoms with Crippen LogP contribution in [0.1, 0.15) is 16.7 Å². The van der Waals surface area contributed by atoms with Gasteiger partial charge in [0, 0.05) is 33.5 Å². The van der Waals surface area contributed by atoms with Crippen molar-refractivity contribution < 1.29 is 9.15 Å². The lowest BCUT2D eigenvalue weighted by Gasteiger charge is -2.16. The highest BCUT2D eigenvalue weighted by Crippen LogP contribution is 2.45. The zero-order chi connectivity index (χ0) is 16.1. The van der Waals surface area contributed by atoms with Gasteiger partial charge in [-0.05, 0) is 42.7 Å². The molecule has 2 heterocycles. The predicted molar refractivity (Wildman–Crippen MR) is 94.3 cm³/mol. The van der Waals surface area contributed by atoms with Gasteiger partial charge in [-0.1, -0.05) is 28.1 Å². The van der Waals surface area contributed by atoms with Crippen molar-refractivity contribution in [3.05, 3.63) is 61.9 Å². The van der Waals surface area contributed by atoms with Gasteiger partial charge < -0.3 is 9.15 Å². The highest BCUT2D eigenvalue weighted by Gasteiger charge is 2.26. The van der Waals surface area contributed by atoms with Gasteiger partial charge in [-0.15, -0.1) is 0 Å². The molecule has 0 unspecified atom stereocenters. The molecular weight excluding hydrogens is 356 g/mol. The molecule has 0 fully saturated rings. The number of halogens is 1. The Labute approximate surface area is 142 Å². The number of ether oxygens (including phenoxy) is 1. The zero-order valence-corrected chi connectivity index (χ0v) is 14.5. The Kier molecular flexibility index (Phi) is 3.31. The van der Waals surface area contributed by atoms with Gasteiger partial charge >= 0.3 is 5.63 Å². The lowest BCUT2D eigenvalue weighted by molar-refractivity contribution is 0.358. The largest absolute Gasteiger partial charge is 0.492 e. The highest BCUT2D eigenvalue weighted by atomic mass is 79.9. The Morgan fingerprint density at radius 1 is 1.13 bits per heavy atom. The molecule has 0 radical (unpaired) electrons. The average molecular weight is 371 g/mol. The van der Waals surface area contributed by atoms with Gasteiger partial charge in [0.25, 0.3) is 0 Å². The summed E-state index contributed by atoms with van der Waals surface area (Å²) in [5.41, 5.74) is 5.61. The van der Waals surface area contributed by atoms with Gasteiger partial charge in [0.1, 0.15) is 11.3 Å². The molecule has 3 aromatic rings. The van der Waals surface area contributed by atoms with Crippen LogP contribution >= 0.6 is 15.9 Å². The third kappa shape index (κ3) is 2.20. The fourth-order valence-electron chi connectivity index (χ4n) is 3.44. The lowest BCUT2D eigenvalue weighted by atomic mass is 9.91. The lowest BCUT2D eigenvalue weighted by Crippen LogP contribution is -2.02. The SMILES string of the molecule is Cc1cc(=O)oc2c3c(c(-c4ccc(Br)cc4)c(C)c12)OCC3. The van der Waals surface area contributed by atoms with Crippen LogP contribution in [0.3, 0.4) is 0 Å². The molecule has 1 aliphatic rings. The second kappa shape index (κ2) is 5.24. The third-order valence-corrected chi connectivity index (χ3v) is 4.94. The van der Waals surface area contributed by atoms with Crippen molar-refractivity contribution in [3.8, 4) is 16.9 Å². The second-order valence-corrected chi connectivity index (χ2v) is 6.78. The molecule has 4 rings (SSSR count). The van der Waals surface area contributed by atoms with Crippen LogP contribution < -0.4 is 10.4 Å². The number of aryl methyl sites for hydroxylation is 2. The van der Waals surface area contributed by atoms with Gasteiger partial charge in [0.2, 0.25) is 0 Å². The van der Waals surface area contributed by atoms with Gasteiger partial charge in [-0.25, -0.2) is 4.79 Å². The van der Waals surface area contributed by atoms with E-state index in [2.05, 4.69) is 35.0 Å². The van der Waals surface area contributed by atoms with Crippen molar-refractivity contribution >= 4 is 26.9 Å². The Balaban J connectivity index is 2.15. The molecule has 4 heteroatoms. The molecule has 3 nitrogen and oxygen atoms in total. The first-order valence-corrected chi connectivity index (χ1v) is 8.34. The van der Waals surface area contributed by atoms with Crippen LogP contribution in [-0.2, 0) is 6.42 Å². The minimum atomic E-state index is -0.306. The minimum Gasteiger partial charge on any atom is -0.492 e. The highest BCUT2D eigenvalue weighted by molar-refractivity contribution is 9.10. The summed E-state index contributed by atoms with van der Waals surface area (Å²) in [5, 5.41) is 1.02. The fraction of sp³-hybridized carbons (Fsp3) is 0.211.